The molecule has 7 nitrogen and oxygen atoms in total. The number of halogens is 1. The van der Waals surface area contributed by atoms with Crippen molar-refractivity contribution >= 4 is 48.2 Å². The van der Waals surface area contributed by atoms with Crippen molar-refractivity contribution in [3.8, 4) is 0 Å². The zero-order valence-corrected chi connectivity index (χ0v) is 17.2. The van der Waals surface area contributed by atoms with Gasteiger partial charge in [0.2, 0.25) is 20.0 Å². The number of anilines is 2. The summed E-state index contributed by atoms with van der Waals surface area (Å²) >= 11 is 6.19. The second kappa shape index (κ2) is 8.73. The molecule has 146 valence electrons. The smallest absolute Gasteiger partial charge is 0.229 e. The highest BCUT2D eigenvalue weighted by Gasteiger charge is 2.04. The van der Waals surface area contributed by atoms with Gasteiger partial charge in [0, 0.05) is 23.5 Å². The molecule has 0 amide bonds. The van der Waals surface area contributed by atoms with Crippen LogP contribution in [0.15, 0.2) is 53.5 Å². The summed E-state index contributed by atoms with van der Waals surface area (Å²) in [5.41, 5.74) is 2.64. The molecule has 0 fully saturated rings. The number of hydrogen-bond donors (Lipinski definition) is 2. The molecule has 0 bridgehead atoms. The Morgan fingerprint density at radius 3 is 1.74 bits per heavy atom. The van der Waals surface area contributed by atoms with Crippen molar-refractivity contribution < 1.29 is 16.8 Å². The predicted molar refractivity (Wildman–Crippen MR) is 111 cm³/mol. The van der Waals surface area contributed by atoms with Crippen molar-refractivity contribution in [2.24, 2.45) is 4.99 Å². The Kier molecular flexibility index (Phi) is 6.85. The van der Waals surface area contributed by atoms with Crippen LogP contribution in [-0.4, -0.2) is 41.1 Å². The molecule has 0 aromatic heterocycles. The zero-order chi connectivity index (χ0) is 20.1. The Hall–Kier alpha value is -2.10. The first-order valence-corrected chi connectivity index (χ1v) is 12.0. The van der Waals surface area contributed by atoms with Crippen LogP contribution in [0, 0.1) is 0 Å². The summed E-state index contributed by atoms with van der Waals surface area (Å²) in [5, 5.41) is 0.330. The number of benzene rings is 2. The van der Waals surface area contributed by atoms with Crippen LogP contribution in [0.25, 0.3) is 0 Å². The SMILES string of the molecule is CS(=O)(=O)Nc1ccc(CC/N=C(\Cl)c2ccc(NS(C)(=O)=O)cc2)cc1. The van der Waals surface area contributed by atoms with E-state index >= 15 is 0 Å². The summed E-state index contributed by atoms with van der Waals surface area (Å²) in [6.45, 7) is 0.459. The van der Waals surface area contributed by atoms with Gasteiger partial charge in [-0.05, 0) is 48.4 Å². The van der Waals surface area contributed by atoms with Gasteiger partial charge in [-0.3, -0.25) is 14.4 Å². The number of aliphatic imine (C=N–C) groups is 1. The Morgan fingerprint density at radius 1 is 0.852 bits per heavy atom. The van der Waals surface area contributed by atoms with Gasteiger partial charge < -0.3 is 0 Å². The van der Waals surface area contributed by atoms with Crippen molar-refractivity contribution in [3.05, 3.63) is 59.7 Å². The van der Waals surface area contributed by atoms with Crippen molar-refractivity contribution in [1.82, 2.24) is 0 Å². The highest BCUT2D eigenvalue weighted by atomic mass is 35.5. The third kappa shape index (κ3) is 7.98. The van der Waals surface area contributed by atoms with Gasteiger partial charge >= 0.3 is 0 Å². The zero-order valence-electron chi connectivity index (χ0n) is 14.8. The minimum Gasteiger partial charge on any atom is -0.284 e. The summed E-state index contributed by atoms with van der Waals surface area (Å²) in [7, 11) is -6.61. The Bertz CT molecular complexity index is 1020. The molecule has 27 heavy (non-hydrogen) atoms. The number of rotatable bonds is 8. The molecule has 0 radical (unpaired) electrons. The highest BCUT2D eigenvalue weighted by Crippen LogP contribution is 2.14. The lowest BCUT2D eigenvalue weighted by Crippen LogP contribution is -2.09. The van der Waals surface area contributed by atoms with Crippen LogP contribution in [0.4, 0.5) is 11.4 Å². The average Bonchev–Trinajstić information content (AvgIpc) is 2.54. The molecule has 0 aliphatic carbocycles. The van der Waals surface area contributed by atoms with E-state index in [0.29, 0.717) is 35.1 Å². The Labute approximate surface area is 164 Å². The molecule has 0 saturated carbocycles. The van der Waals surface area contributed by atoms with Crippen LogP contribution in [-0.2, 0) is 26.5 Å². The number of nitrogens with one attached hydrogen (secondary N) is 2. The largest absolute Gasteiger partial charge is 0.284 e. The second-order valence-corrected chi connectivity index (χ2v) is 9.80. The first-order chi connectivity index (χ1) is 12.5. The first kappa shape index (κ1) is 21.2. The maximum Gasteiger partial charge on any atom is 0.229 e. The summed E-state index contributed by atoms with van der Waals surface area (Å²) in [6.07, 6.45) is 2.82. The summed E-state index contributed by atoms with van der Waals surface area (Å²) in [5.74, 6) is 0. The third-order valence-corrected chi connectivity index (χ3v) is 4.89. The lowest BCUT2D eigenvalue weighted by Gasteiger charge is -2.06. The maximum atomic E-state index is 11.2. The number of sulfonamides is 2. The molecule has 2 rings (SSSR count). The fourth-order valence-corrected chi connectivity index (χ4v) is 3.56. The van der Waals surface area contributed by atoms with Gasteiger partial charge in [-0.25, -0.2) is 16.8 Å². The van der Waals surface area contributed by atoms with Crippen LogP contribution < -0.4 is 9.44 Å². The summed E-state index contributed by atoms with van der Waals surface area (Å²) in [4.78, 5) is 4.31. The fourth-order valence-electron chi connectivity index (χ4n) is 2.22. The van der Waals surface area contributed by atoms with E-state index in [-0.39, 0.29) is 0 Å². The monoisotopic (exact) mass is 429 g/mol. The quantitative estimate of drug-likeness (QED) is 0.629. The van der Waals surface area contributed by atoms with Gasteiger partial charge in [-0.15, -0.1) is 0 Å². The van der Waals surface area contributed by atoms with Crippen molar-refractivity contribution in [3.63, 3.8) is 0 Å². The Morgan fingerprint density at radius 2 is 1.30 bits per heavy atom. The van der Waals surface area contributed by atoms with E-state index in [9.17, 15) is 16.8 Å². The highest BCUT2D eigenvalue weighted by molar-refractivity contribution is 7.92. The molecule has 0 heterocycles. The molecule has 2 aromatic rings. The lowest BCUT2D eigenvalue weighted by molar-refractivity contribution is 0.605. The van der Waals surface area contributed by atoms with Crippen LogP contribution in [0.5, 0.6) is 0 Å². The van der Waals surface area contributed by atoms with Gasteiger partial charge in [-0.1, -0.05) is 23.7 Å². The topological polar surface area (TPSA) is 105 Å². The van der Waals surface area contributed by atoms with Crippen molar-refractivity contribution in [2.75, 3.05) is 28.5 Å². The normalized spacial score (nSPS) is 12.6. The van der Waals surface area contributed by atoms with Gasteiger partial charge in [0.25, 0.3) is 0 Å². The van der Waals surface area contributed by atoms with Crippen LogP contribution in [0.1, 0.15) is 11.1 Å². The number of nitrogens with zero attached hydrogens (tertiary/aromatic N) is 1. The molecule has 0 spiro atoms. The molecular weight excluding hydrogens is 410 g/mol. The van der Waals surface area contributed by atoms with Gasteiger partial charge in [0.05, 0.1) is 12.5 Å². The van der Waals surface area contributed by atoms with Crippen LogP contribution in [0.3, 0.4) is 0 Å². The van der Waals surface area contributed by atoms with Crippen molar-refractivity contribution in [2.45, 2.75) is 6.42 Å². The van der Waals surface area contributed by atoms with Gasteiger partial charge in [0.1, 0.15) is 5.17 Å². The summed E-state index contributed by atoms with van der Waals surface area (Å²) < 4.78 is 49.5. The molecule has 0 unspecified atom stereocenters. The van der Waals surface area contributed by atoms with Crippen molar-refractivity contribution in [1.29, 1.82) is 0 Å². The molecular formula is C17H20ClN3O4S2. The van der Waals surface area contributed by atoms with E-state index in [1.54, 1.807) is 36.4 Å². The van der Waals surface area contributed by atoms with Gasteiger partial charge in [-0.2, -0.15) is 0 Å². The standard InChI is InChI=1S/C17H20ClN3O4S2/c1-26(22,23)20-15-7-3-13(4-8-15)11-12-19-17(18)14-5-9-16(10-6-14)21-27(2,24)25/h3-10,20-21H,11-12H2,1-2H3/b19-17-. The van der Waals surface area contributed by atoms with E-state index in [4.69, 9.17) is 11.6 Å². The van der Waals surface area contributed by atoms with E-state index < -0.39 is 20.0 Å². The Balaban J connectivity index is 1.93. The minimum atomic E-state index is -3.32. The lowest BCUT2D eigenvalue weighted by atomic mass is 10.1. The summed E-state index contributed by atoms with van der Waals surface area (Å²) in [6, 6.07) is 13.6. The van der Waals surface area contributed by atoms with Crippen LogP contribution >= 0.6 is 11.6 Å². The van der Waals surface area contributed by atoms with E-state index in [0.717, 1.165) is 18.1 Å². The van der Waals surface area contributed by atoms with E-state index in [1.165, 1.54) is 0 Å². The van der Waals surface area contributed by atoms with E-state index in [2.05, 4.69) is 14.4 Å². The first-order valence-electron chi connectivity index (χ1n) is 7.87. The average molecular weight is 430 g/mol. The fraction of sp³-hybridized carbons (Fsp3) is 0.235. The number of hydrogen-bond acceptors (Lipinski definition) is 5. The molecule has 10 heteroatoms. The second-order valence-electron chi connectivity index (χ2n) is 5.95. The maximum absolute atomic E-state index is 11.2. The van der Waals surface area contributed by atoms with Crippen LogP contribution in [0.2, 0.25) is 0 Å². The molecule has 0 aliphatic heterocycles. The van der Waals surface area contributed by atoms with E-state index in [1.807, 2.05) is 12.1 Å². The minimum absolute atomic E-state index is 0.330. The third-order valence-electron chi connectivity index (χ3n) is 3.33. The molecule has 0 saturated heterocycles. The van der Waals surface area contributed by atoms with Gasteiger partial charge in [0.15, 0.2) is 0 Å². The molecule has 0 aliphatic rings. The molecule has 2 N–H and O–H groups in total. The molecule has 0 atom stereocenters. The predicted octanol–water partition coefficient (Wildman–Crippen LogP) is 2.66. The molecule has 2 aromatic carbocycles.